The number of rotatable bonds is 1. The van der Waals surface area contributed by atoms with Gasteiger partial charge in [-0.05, 0) is 17.7 Å². The molecule has 0 radical (unpaired) electrons. The highest BCUT2D eigenvalue weighted by Crippen LogP contribution is 2.37. The van der Waals surface area contributed by atoms with Crippen molar-refractivity contribution in [3.63, 3.8) is 0 Å². The topological polar surface area (TPSA) is 41.1 Å². The van der Waals surface area contributed by atoms with E-state index in [0.717, 1.165) is 6.07 Å². The summed E-state index contributed by atoms with van der Waals surface area (Å²) in [7, 11) is 1.51. The number of halogens is 3. The van der Waals surface area contributed by atoms with Gasteiger partial charge in [0.2, 0.25) is 0 Å². The Morgan fingerprint density at radius 1 is 1.38 bits per heavy atom. The zero-order valence-corrected chi connectivity index (χ0v) is 8.40. The Labute approximate surface area is 89.6 Å². The van der Waals surface area contributed by atoms with E-state index >= 15 is 0 Å². The van der Waals surface area contributed by atoms with Crippen LogP contribution in [-0.2, 0) is 12.7 Å². The van der Waals surface area contributed by atoms with Gasteiger partial charge in [-0.3, -0.25) is 4.79 Å². The van der Waals surface area contributed by atoms with E-state index in [1.165, 1.54) is 13.1 Å². The highest BCUT2D eigenvalue weighted by Gasteiger charge is 2.37. The Bertz CT molecular complexity index is 454. The van der Waals surface area contributed by atoms with Gasteiger partial charge in [0, 0.05) is 24.8 Å². The molecule has 1 aliphatic heterocycles. The van der Waals surface area contributed by atoms with Crippen molar-refractivity contribution in [2.75, 3.05) is 12.4 Å². The maximum absolute atomic E-state index is 12.7. The Balaban J connectivity index is 2.65. The van der Waals surface area contributed by atoms with Crippen LogP contribution < -0.4 is 10.6 Å². The normalized spacial score (nSPS) is 14.6. The van der Waals surface area contributed by atoms with Crippen molar-refractivity contribution >= 4 is 11.6 Å². The zero-order valence-electron chi connectivity index (χ0n) is 8.40. The van der Waals surface area contributed by atoms with Crippen LogP contribution in [0, 0.1) is 0 Å². The maximum Gasteiger partial charge on any atom is 0.416 e. The molecule has 0 aromatic heterocycles. The fraction of sp³-hybridized carbons (Fsp3) is 0.300. The van der Waals surface area contributed by atoms with E-state index in [1.807, 2.05) is 0 Å². The van der Waals surface area contributed by atoms with Crippen molar-refractivity contribution in [1.82, 2.24) is 5.32 Å². The Morgan fingerprint density at radius 3 is 2.62 bits per heavy atom. The molecular weight excluding hydrogens is 221 g/mol. The summed E-state index contributed by atoms with van der Waals surface area (Å²) < 4.78 is 38.2. The third kappa shape index (κ3) is 1.60. The molecule has 86 valence electrons. The second kappa shape index (κ2) is 3.40. The average molecular weight is 230 g/mol. The number of amides is 1. The van der Waals surface area contributed by atoms with E-state index in [4.69, 9.17) is 0 Å². The molecule has 0 saturated heterocycles. The second-order valence-corrected chi connectivity index (χ2v) is 3.48. The number of hydrogen-bond acceptors (Lipinski definition) is 2. The van der Waals surface area contributed by atoms with E-state index in [2.05, 4.69) is 10.6 Å². The van der Waals surface area contributed by atoms with Crippen LogP contribution in [0.25, 0.3) is 0 Å². The van der Waals surface area contributed by atoms with E-state index < -0.39 is 17.6 Å². The van der Waals surface area contributed by atoms with Crippen LogP contribution in [0.15, 0.2) is 12.1 Å². The van der Waals surface area contributed by atoms with Crippen molar-refractivity contribution in [3.8, 4) is 0 Å². The fourth-order valence-electron chi connectivity index (χ4n) is 1.73. The quantitative estimate of drug-likeness (QED) is 0.774. The number of benzene rings is 1. The molecule has 0 saturated carbocycles. The van der Waals surface area contributed by atoms with Crippen molar-refractivity contribution in [1.29, 1.82) is 0 Å². The Hall–Kier alpha value is -1.72. The highest BCUT2D eigenvalue weighted by atomic mass is 19.4. The van der Waals surface area contributed by atoms with Crippen LogP contribution in [0.4, 0.5) is 18.9 Å². The molecular formula is C10H9F3N2O. The summed E-state index contributed by atoms with van der Waals surface area (Å²) in [5.41, 5.74) is -0.355. The van der Waals surface area contributed by atoms with Gasteiger partial charge in [0.05, 0.1) is 5.56 Å². The summed E-state index contributed by atoms with van der Waals surface area (Å²) >= 11 is 0. The first-order valence-electron chi connectivity index (χ1n) is 4.63. The predicted molar refractivity (Wildman–Crippen MR) is 52.2 cm³/mol. The Kier molecular flexibility index (Phi) is 2.29. The van der Waals surface area contributed by atoms with E-state index in [1.54, 1.807) is 0 Å². The first-order chi connectivity index (χ1) is 7.43. The summed E-state index contributed by atoms with van der Waals surface area (Å²) in [6.45, 7) is -0.0625. The molecule has 1 aromatic rings. The first-order valence-corrected chi connectivity index (χ1v) is 4.63. The third-order valence-electron chi connectivity index (χ3n) is 2.51. The molecule has 0 spiro atoms. The van der Waals surface area contributed by atoms with Gasteiger partial charge in [0.15, 0.2) is 0 Å². The maximum atomic E-state index is 12.7. The van der Waals surface area contributed by atoms with Crippen LogP contribution >= 0.6 is 0 Å². The van der Waals surface area contributed by atoms with Crippen LogP contribution in [0.3, 0.4) is 0 Å². The summed E-state index contributed by atoms with van der Waals surface area (Å²) in [5, 5.41) is 4.99. The number of nitrogens with one attached hydrogen (secondary N) is 2. The van der Waals surface area contributed by atoms with Crippen LogP contribution in [-0.4, -0.2) is 13.0 Å². The lowest BCUT2D eigenvalue weighted by atomic mass is 10.0. The largest absolute Gasteiger partial charge is 0.416 e. The first kappa shape index (κ1) is 10.8. The molecule has 1 amide bonds. The molecule has 1 aliphatic rings. The lowest BCUT2D eigenvalue weighted by Crippen LogP contribution is -2.12. The molecule has 16 heavy (non-hydrogen) atoms. The molecule has 2 rings (SSSR count). The van der Waals surface area contributed by atoms with E-state index in [-0.39, 0.29) is 23.4 Å². The summed E-state index contributed by atoms with van der Waals surface area (Å²) in [6.07, 6.45) is -4.44. The minimum absolute atomic E-state index is 0.0245. The number of carbonyl (C=O) groups is 1. The van der Waals surface area contributed by atoms with Crippen molar-refractivity contribution in [3.05, 3.63) is 28.8 Å². The summed E-state index contributed by atoms with van der Waals surface area (Å²) in [5.74, 6) is -0.461. The third-order valence-corrected chi connectivity index (χ3v) is 2.51. The molecule has 0 aliphatic carbocycles. The van der Waals surface area contributed by atoms with Crippen molar-refractivity contribution in [2.45, 2.75) is 12.7 Å². The SMILES string of the molecule is CNc1cc2c(c(C(F)(F)F)c1)CNC2=O. The molecule has 1 aromatic carbocycles. The lowest BCUT2D eigenvalue weighted by molar-refractivity contribution is -0.138. The summed E-state index contributed by atoms with van der Waals surface area (Å²) in [4.78, 5) is 11.3. The lowest BCUT2D eigenvalue weighted by Gasteiger charge is -2.13. The number of alkyl halides is 3. The van der Waals surface area contributed by atoms with E-state index in [0.29, 0.717) is 0 Å². The Morgan fingerprint density at radius 2 is 2.06 bits per heavy atom. The van der Waals surface area contributed by atoms with Gasteiger partial charge in [-0.1, -0.05) is 0 Å². The van der Waals surface area contributed by atoms with Gasteiger partial charge < -0.3 is 10.6 Å². The summed E-state index contributed by atoms with van der Waals surface area (Å²) in [6, 6.07) is 2.44. The van der Waals surface area contributed by atoms with Gasteiger partial charge in [-0.15, -0.1) is 0 Å². The molecule has 3 nitrogen and oxygen atoms in total. The minimum Gasteiger partial charge on any atom is -0.388 e. The van der Waals surface area contributed by atoms with Crippen LogP contribution in [0.1, 0.15) is 21.5 Å². The monoisotopic (exact) mass is 230 g/mol. The van der Waals surface area contributed by atoms with Gasteiger partial charge in [-0.25, -0.2) is 0 Å². The number of anilines is 1. The molecule has 0 bridgehead atoms. The molecule has 0 unspecified atom stereocenters. The van der Waals surface area contributed by atoms with Crippen molar-refractivity contribution in [2.24, 2.45) is 0 Å². The smallest absolute Gasteiger partial charge is 0.388 e. The molecule has 0 fully saturated rings. The van der Waals surface area contributed by atoms with Gasteiger partial charge in [0.25, 0.3) is 5.91 Å². The van der Waals surface area contributed by atoms with E-state index in [9.17, 15) is 18.0 Å². The standard InChI is InChI=1S/C10H9F3N2O/c1-14-5-2-6-7(4-15-9(6)16)8(3-5)10(11,12)13/h2-3,14H,4H2,1H3,(H,15,16). The van der Waals surface area contributed by atoms with Gasteiger partial charge in [-0.2, -0.15) is 13.2 Å². The van der Waals surface area contributed by atoms with Crippen molar-refractivity contribution < 1.29 is 18.0 Å². The molecule has 0 atom stereocenters. The zero-order chi connectivity index (χ0) is 11.9. The number of hydrogen-bond donors (Lipinski definition) is 2. The van der Waals surface area contributed by atoms with Crippen LogP contribution in [0.5, 0.6) is 0 Å². The second-order valence-electron chi connectivity index (χ2n) is 3.48. The van der Waals surface area contributed by atoms with Gasteiger partial charge in [0.1, 0.15) is 0 Å². The predicted octanol–water partition coefficient (Wildman–Crippen LogP) is 1.99. The minimum atomic E-state index is -4.44. The van der Waals surface area contributed by atoms with Crippen LogP contribution in [0.2, 0.25) is 0 Å². The number of carbonyl (C=O) groups excluding carboxylic acids is 1. The van der Waals surface area contributed by atoms with Gasteiger partial charge >= 0.3 is 6.18 Å². The highest BCUT2D eigenvalue weighted by molar-refractivity contribution is 5.99. The molecule has 1 heterocycles. The molecule has 2 N–H and O–H groups in total. The average Bonchev–Trinajstić information content (AvgIpc) is 2.58. The molecule has 6 heteroatoms. The fourth-order valence-corrected chi connectivity index (χ4v) is 1.73. The number of fused-ring (bicyclic) bond motifs is 1.